The van der Waals surface area contributed by atoms with Crippen LogP contribution in [0.5, 0.6) is 0 Å². The Kier molecular flexibility index (Phi) is 4.19. The van der Waals surface area contributed by atoms with Crippen LogP contribution in [0.4, 0.5) is 0 Å². The summed E-state index contributed by atoms with van der Waals surface area (Å²) in [6.45, 7) is 1.63. The van der Waals surface area contributed by atoms with Crippen LogP contribution in [-0.2, 0) is 14.8 Å². The lowest BCUT2D eigenvalue weighted by molar-refractivity contribution is 0.258. The highest BCUT2D eigenvalue weighted by molar-refractivity contribution is 7.90. The van der Waals surface area contributed by atoms with Gasteiger partial charge >= 0.3 is 0 Å². The minimum absolute atomic E-state index is 0.310. The van der Waals surface area contributed by atoms with E-state index in [4.69, 9.17) is 5.26 Å². The van der Waals surface area contributed by atoms with Crippen LogP contribution in [0.2, 0.25) is 0 Å². The van der Waals surface area contributed by atoms with Crippen LogP contribution in [0.3, 0.4) is 0 Å². The first-order chi connectivity index (χ1) is 7.54. The molecule has 0 saturated carbocycles. The van der Waals surface area contributed by atoms with Crippen LogP contribution < -0.4 is 0 Å². The minimum atomic E-state index is -3.68. The Bertz CT molecular complexity index is 433. The summed E-state index contributed by atoms with van der Waals surface area (Å²) in [5.41, 5.74) is 0. The maximum atomic E-state index is 11.9. The van der Waals surface area contributed by atoms with Crippen LogP contribution in [0.25, 0.3) is 0 Å². The van der Waals surface area contributed by atoms with Gasteiger partial charge in [-0.05, 0) is 26.2 Å². The van der Waals surface area contributed by atoms with Crippen LogP contribution in [0.1, 0.15) is 26.2 Å². The molecule has 1 rings (SSSR count). The van der Waals surface area contributed by atoms with Crippen molar-refractivity contribution in [3.05, 3.63) is 0 Å². The quantitative estimate of drug-likeness (QED) is 0.529. The maximum absolute atomic E-state index is 11.9. The number of sulfonamides is 1. The third kappa shape index (κ3) is 2.47. The molecule has 0 amide bonds. The number of nitriles is 1. The van der Waals surface area contributed by atoms with Crippen molar-refractivity contribution >= 4 is 16.1 Å². The summed E-state index contributed by atoms with van der Waals surface area (Å²) in [5, 5.41) is 7.54. The van der Waals surface area contributed by atoms with Gasteiger partial charge in [-0.1, -0.05) is 0 Å². The van der Waals surface area contributed by atoms with Gasteiger partial charge in [-0.3, -0.25) is 0 Å². The zero-order chi connectivity index (χ0) is 12.2. The highest BCUT2D eigenvalue weighted by Crippen LogP contribution is 2.23. The Hall–Kier alpha value is -1.22. The molecule has 1 heterocycles. The highest BCUT2D eigenvalue weighted by Gasteiger charge is 2.35. The molecule has 0 aliphatic carbocycles. The number of aliphatic imine (C=N–C) groups is 1. The number of carbonyl (C=O) groups excluding carboxylic acids is 1. The summed E-state index contributed by atoms with van der Waals surface area (Å²) >= 11 is 0. The Morgan fingerprint density at radius 1 is 1.50 bits per heavy atom. The second-order valence-corrected chi connectivity index (χ2v) is 5.83. The molecule has 2 atom stereocenters. The van der Waals surface area contributed by atoms with Crippen molar-refractivity contribution in [3.63, 3.8) is 0 Å². The van der Waals surface area contributed by atoms with E-state index in [1.54, 1.807) is 6.07 Å². The van der Waals surface area contributed by atoms with Gasteiger partial charge in [-0.15, -0.1) is 0 Å². The molecule has 6 nitrogen and oxygen atoms in total. The second kappa shape index (κ2) is 5.21. The number of hydrogen-bond acceptors (Lipinski definition) is 5. The first-order valence-electron chi connectivity index (χ1n) is 5.01. The van der Waals surface area contributed by atoms with Crippen LogP contribution in [-0.4, -0.2) is 36.8 Å². The van der Waals surface area contributed by atoms with Gasteiger partial charge in [-0.2, -0.15) is 14.6 Å². The highest BCUT2D eigenvalue weighted by atomic mass is 32.2. The fraction of sp³-hybridized carbons (Fsp3) is 0.778. The molecule has 0 bridgehead atoms. The van der Waals surface area contributed by atoms with E-state index in [-0.39, 0.29) is 0 Å². The molecule has 0 N–H and O–H groups in total. The number of hydrogen-bond donors (Lipinski definition) is 0. The summed E-state index contributed by atoms with van der Waals surface area (Å²) in [6.07, 6.45) is 2.75. The van der Waals surface area contributed by atoms with Crippen molar-refractivity contribution in [1.82, 2.24) is 4.31 Å². The van der Waals surface area contributed by atoms with Gasteiger partial charge in [0, 0.05) is 6.54 Å². The molecule has 16 heavy (non-hydrogen) atoms. The van der Waals surface area contributed by atoms with E-state index >= 15 is 0 Å². The third-order valence-corrected chi connectivity index (χ3v) is 4.66. The molecule has 0 spiro atoms. The van der Waals surface area contributed by atoms with E-state index in [9.17, 15) is 13.2 Å². The van der Waals surface area contributed by atoms with Gasteiger partial charge in [0.05, 0.1) is 6.07 Å². The fourth-order valence-corrected chi connectivity index (χ4v) is 3.06. The Labute approximate surface area is 94.6 Å². The van der Waals surface area contributed by atoms with E-state index in [2.05, 4.69) is 4.99 Å². The van der Waals surface area contributed by atoms with Crippen molar-refractivity contribution in [2.45, 2.75) is 37.6 Å². The maximum Gasteiger partial charge on any atom is 0.236 e. The predicted molar refractivity (Wildman–Crippen MR) is 56.5 cm³/mol. The predicted octanol–water partition coefficient (Wildman–Crippen LogP) is 0.376. The van der Waals surface area contributed by atoms with Gasteiger partial charge in [0.25, 0.3) is 0 Å². The largest absolute Gasteiger partial charge is 0.236 e. The molecule has 1 aliphatic rings. The lowest BCUT2D eigenvalue weighted by atomic mass is 10.1. The SMILES string of the molecule is CC(C#N)S(=O)(=O)N1CCCCC1N=C=O. The first-order valence-corrected chi connectivity index (χ1v) is 6.51. The van der Waals surface area contributed by atoms with E-state index in [0.717, 1.165) is 17.1 Å². The molecule has 88 valence electrons. The average Bonchev–Trinajstić information content (AvgIpc) is 2.29. The molecular weight excluding hydrogens is 230 g/mol. The van der Waals surface area contributed by atoms with Crippen molar-refractivity contribution < 1.29 is 13.2 Å². The van der Waals surface area contributed by atoms with Crippen LogP contribution in [0.15, 0.2) is 4.99 Å². The topological polar surface area (TPSA) is 90.6 Å². The van der Waals surface area contributed by atoms with Gasteiger partial charge in [0.2, 0.25) is 16.1 Å². The summed E-state index contributed by atoms with van der Waals surface area (Å²) in [6, 6.07) is 1.70. The number of piperidine rings is 1. The van der Waals surface area contributed by atoms with E-state index in [1.807, 2.05) is 0 Å². The lowest BCUT2D eigenvalue weighted by Crippen LogP contribution is -2.46. The van der Waals surface area contributed by atoms with Crippen molar-refractivity contribution in [2.75, 3.05) is 6.54 Å². The molecule has 0 aromatic heterocycles. The average molecular weight is 243 g/mol. The van der Waals surface area contributed by atoms with Gasteiger partial charge < -0.3 is 0 Å². The van der Waals surface area contributed by atoms with Gasteiger partial charge in [0.1, 0.15) is 6.17 Å². The van der Waals surface area contributed by atoms with E-state index in [1.165, 1.54) is 13.0 Å². The molecule has 7 heteroatoms. The van der Waals surface area contributed by atoms with Crippen molar-refractivity contribution in [3.8, 4) is 6.07 Å². The standard InChI is InChI=1S/C9H13N3O3S/c1-8(6-10)16(14,15)12-5-3-2-4-9(12)11-7-13/h8-9H,2-5H2,1H3. The summed E-state index contributed by atoms with van der Waals surface area (Å²) < 4.78 is 25.0. The summed E-state index contributed by atoms with van der Waals surface area (Å²) in [4.78, 5) is 13.7. The molecule has 1 saturated heterocycles. The van der Waals surface area contributed by atoms with Gasteiger partial charge in [-0.25, -0.2) is 13.2 Å². The minimum Gasteiger partial charge on any atom is -0.211 e. The van der Waals surface area contributed by atoms with Crippen LogP contribution >= 0.6 is 0 Å². The lowest BCUT2D eigenvalue weighted by Gasteiger charge is -2.31. The zero-order valence-electron chi connectivity index (χ0n) is 8.96. The van der Waals surface area contributed by atoms with Crippen molar-refractivity contribution in [1.29, 1.82) is 5.26 Å². The second-order valence-electron chi connectivity index (χ2n) is 3.62. The number of isocyanates is 1. The first kappa shape index (κ1) is 12.8. The number of nitrogens with zero attached hydrogens (tertiary/aromatic N) is 3. The normalized spacial score (nSPS) is 24.1. The summed E-state index contributed by atoms with van der Waals surface area (Å²) in [7, 11) is -3.68. The Balaban J connectivity index is 3.00. The Morgan fingerprint density at radius 3 is 2.75 bits per heavy atom. The molecular formula is C9H13N3O3S. The molecule has 0 aromatic carbocycles. The zero-order valence-corrected chi connectivity index (χ0v) is 9.77. The van der Waals surface area contributed by atoms with E-state index < -0.39 is 21.4 Å². The van der Waals surface area contributed by atoms with E-state index in [0.29, 0.717) is 13.0 Å². The molecule has 2 unspecified atom stereocenters. The monoisotopic (exact) mass is 243 g/mol. The number of rotatable bonds is 3. The summed E-state index contributed by atoms with van der Waals surface area (Å²) in [5.74, 6) is 0. The molecule has 0 aromatic rings. The fourth-order valence-electron chi connectivity index (χ4n) is 1.64. The van der Waals surface area contributed by atoms with Crippen molar-refractivity contribution in [2.24, 2.45) is 4.99 Å². The van der Waals surface area contributed by atoms with Gasteiger partial charge in [0.15, 0.2) is 5.25 Å². The molecule has 0 radical (unpaired) electrons. The third-order valence-electron chi connectivity index (χ3n) is 2.58. The molecule has 1 fully saturated rings. The Morgan fingerprint density at radius 2 is 2.19 bits per heavy atom. The molecule has 1 aliphatic heterocycles. The smallest absolute Gasteiger partial charge is 0.211 e. The van der Waals surface area contributed by atoms with Crippen LogP contribution in [0, 0.1) is 11.3 Å².